The Labute approximate surface area is 105 Å². The van der Waals surface area contributed by atoms with Crippen LogP contribution >= 0.6 is 0 Å². The Hall–Kier alpha value is -2.03. The second-order valence-corrected chi connectivity index (χ2v) is 5.69. The molecule has 0 radical (unpaired) electrons. The van der Waals surface area contributed by atoms with Crippen LogP contribution in [0.2, 0.25) is 0 Å². The normalized spacial score (nSPS) is 34.3. The Morgan fingerprint density at radius 1 is 1.67 bits per heavy atom. The van der Waals surface area contributed by atoms with Gasteiger partial charge in [0.1, 0.15) is 5.54 Å². The highest BCUT2D eigenvalue weighted by Gasteiger charge is 2.50. The molecule has 1 heterocycles. The first-order valence-corrected chi connectivity index (χ1v) is 5.74. The summed E-state index contributed by atoms with van der Waals surface area (Å²) in [7, 11) is 0. The number of amides is 1. The van der Waals surface area contributed by atoms with Crippen molar-refractivity contribution < 1.29 is 9.90 Å². The number of hydrogen-bond acceptors (Lipinski definition) is 5. The lowest BCUT2D eigenvalue weighted by molar-refractivity contribution is -0.124. The van der Waals surface area contributed by atoms with Crippen molar-refractivity contribution in [3.63, 3.8) is 0 Å². The molecule has 96 valence electrons. The van der Waals surface area contributed by atoms with Gasteiger partial charge in [-0.15, -0.1) is 0 Å². The number of nitrogens with zero attached hydrogens (tertiary/aromatic N) is 2. The zero-order valence-corrected chi connectivity index (χ0v) is 10.4. The molecule has 0 aromatic heterocycles. The molecule has 2 unspecified atom stereocenters. The van der Waals surface area contributed by atoms with E-state index in [0.717, 1.165) is 0 Å². The molecule has 1 aliphatic carbocycles. The predicted molar refractivity (Wildman–Crippen MR) is 65.3 cm³/mol. The van der Waals surface area contributed by atoms with Gasteiger partial charge in [0.05, 0.1) is 11.8 Å². The van der Waals surface area contributed by atoms with E-state index in [2.05, 4.69) is 10.3 Å². The van der Waals surface area contributed by atoms with Gasteiger partial charge in [-0.3, -0.25) is 10.1 Å². The summed E-state index contributed by atoms with van der Waals surface area (Å²) in [6.07, 6.45) is 2.50. The van der Waals surface area contributed by atoms with E-state index in [1.807, 2.05) is 19.9 Å². The van der Waals surface area contributed by atoms with Gasteiger partial charge in [0.25, 0.3) is 0 Å². The van der Waals surface area contributed by atoms with Crippen molar-refractivity contribution in [1.29, 1.82) is 5.26 Å². The highest BCUT2D eigenvalue weighted by molar-refractivity contribution is 6.01. The van der Waals surface area contributed by atoms with Crippen molar-refractivity contribution >= 4 is 11.9 Å². The first-order chi connectivity index (χ1) is 8.28. The van der Waals surface area contributed by atoms with Crippen LogP contribution in [-0.2, 0) is 4.79 Å². The topological polar surface area (TPSA) is 112 Å². The van der Waals surface area contributed by atoms with Crippen molar-refractivity contribution in [3.05, 3.63) is 11.8 Å². The number of aliphatic hydroxyl groups is 1. The maximum atomic E-state index is 11.8. The Balaban J connectivity index is 2.57. The quantitative estimate of drug-likeness (QED) is 0.581. The molecule has 0 saturated carbocycles. The Kier molecular flexibility index (Phi) is 2.58. The third-order valence-electron chi connectivity index (χ3n) is 3.31. The molecule has 2 rings (SSSR count). The molecule has 0 fully saturated rings. The molecule has 2 atom stereocenters. The van der Waals surface area contributed by atoms with Crippen molar-refractivity contribution in [1.82, 2.24) is 5.32 Å². The van der Waals surface area contributed by atoms with E-state index in [-0.39, 0.29) is 17.1 Å². The number of hydrogen-bond donors (Lipinski definition) is 3. The van der Waals surface area contributed by atoms with Gasteiger partial charge in [-0.25, -0.2) is 4.99 Å². The molecule has 4 N–H and O–H groups in total. The first-order valence-electron chi connectivity index (χ1n) is 5.74. The van der Waals surface area contributed by atoms with Gasteiger partial charge in [-0.2, -0.15) is 5.26 Å². The Bertz CT molecular complexity index is 501. The fraction of sp³-hybridized carbons (Fsp3) is 0.583. The van der Waals surface area contributed by atoms with E-state index in [4.69, 9.17) is 5.73 Å². The van der Waals surface area contributed by atoms with E-state index >= 15 is 0 Å². The molecule has 1 amide bonds. The summed E-state index contributed by atoms with van der Waals surface area (Å²) >= 11 is 0. The molecule has 6 heteroatoms. The highest BCUT2D eigenvalue weighted by atomic mass is 16.3. The van der Waals surface area contributed by atoms with Gasteiger partial charge in [-0.1, -0.05) is 13.8 Å². The third-order valence-corrected chi connectivity index (χ3v) is 3.31. The van der Waals surface area contributed by atoms with Crippen LogP contribution < -0.4 is 11.1 Å². The van der Waals surface area contributed by atoms with E-state index in [1.54, 1.807) is 0 Å². The first kappa shape index (κ1) is 12.4. The Morgan fingerprint density at radius 3 is 2.89 bits per heavy atom. The standard InChI is InChI=1S/C12H16N4O2/c1-11(2)3-7(17)4-12(6-11)8(5-13)9(18)15-10(14)16-12/h4,8,17H,3,6H2,1-2H3,(H3,14,15,16,18). The number of guanidine groups is 1. The van der Waals surface area contributed by atoms with Crippen molar-refractivity contribution in [2.75, 3.05) is 0 Å². The largest absolute Gasteiger partial charge is 0.513 e. The molecular weight excluding hydrogens is 232 g/mol. The molecular formula is C12H16N4O2. The van der Waals surface area contributed by atoms with Crippen LogP contribution in [0.25, 0.3) is 0 Å². The van der Waals surface area contributed by atoms with Gasteiger partial charge < -0.3 is 10.8 Å². The second kappa shape index (κ2) is 3.73. The third kappa shape index (κ3) is 1.92. The van der Waals surface area contributed by atoms with Gasteiger partial charge in [0.15, 0.2) is 11.9 Å². The number of rotatable bonds is 0. The van der Waals surface area contributed by atoms with Crippen molar-refractivity contribution in [2.45, 2.75) is 32.2 Å². The van der Waals surface area contributed by atoms with Crippen LogP contribution in [0.3, 0.4) is 0 Å². The van der Waals surface area contributed by atoms with Crippen LogP contribution in [0.15, 0.2) is 16.8 Å². The summed E-state index contributed by atoms with van der Waals surface area (Å²) < 4.78 is 0. The fourth-order valence-corrected chi connectivity index (χ4v) is 2.88. The SMILES string of the molecule is CC1(C)CC(O)=CC2(C1)N=C(N)NC(=O)C2C#N. The van der Waals surface area contributed by atoms with Crippen LogP contribution in [0.1, 0.15) is 26.7 Å². The summed E-state index contributed by atoms with van der Waals surface area (Å²) in [4.78, 5) is 16.0. The van der Waals surface area contributed by atoms with Gasteiger partial charge in [-0.05, 0) is 17.9 Å². The minimum atomic E-state index is -1.05. The monoisotopic (exact) mass is 248 g/mol. The summed E-state index contributed by atoms with van der Waals surface area (Å²) in [6.45, 7) is 3.93. The van der Waals surface area contributed by atoms with E-state index in [1.165, 1.54) is 6.08 Å². The molecule has 18 heavy (non-hydrogen) atoms. The number of nitriles is 1. The smallest absolute Gasteiger partial charge is 0.246 e. The number of aliphatic imine (C=N–C) groups is 1. The number of carbonyl (C=O) groups is 1. The maximum absolute atomic E-state index is 11.8. The number of aliphatic hydroxyl groups excluding tert-OH is 1. The number of nitrogens with one attached hydrogen (secondary N) is 1. The summed E-state index contributed by atoms with van der Waals surface area (Å²) in [6, 6.07) is 1.96. The van der Waals surface area contributed by atoms with Crippen molar-refractivity contribution in [3.8, 4) is 6.07 Å². The Morgan fingerprint density at radius 2 is 2.33 bits per heavy atom. The molecule has 1 spiro atoms. The molecule has 0 aromatic rings. The molecule has 1 aliphatic heterocycles. The van der Waals surface area contributed by atoms with Crippen molar-refractivity contribution in [2.24, 2.45) is 22.1 Å². The minimum absolute atomic E-state index is 0.00625. The summed E-state index contributed by atoms with van der Waals surface area (Å²) in [5, 5.41) is 21.4. The second-order valence-electron chi connectivity index (χ2n) is 5.69. The van der Waals surface area contributed by atoms with Gasteiger partial charge in [0.2, 0.25) is 5.91 Å². The lowest BCUT2D eigenvalue weighted by atomic mass is 9.66. The number of carbonyl (C=O) groups excluding carboxylic acids is 1. The average Bonchev–Trinajstić information content (AvgIpc) is 2.11. The van der Waals surface area contributed by atoms with E-state index in [0.29, 0.717) is 12.8 Å². The maximum Gasteiger partial charge on any atom is 0.246 e. The number of allylic oxidation sites excluding steroid dienone is 1. The van der Waals surface area contributed by atoms with Gasteiger partial charge in [0, 0.05) is 6.42 Å². The predicted octanol–water partition coefficient (Wildman–Crippen LogP) is 0.571. The lowest BCUT2D eigenvalue weighted by Gasteiger charge is -2.43. The van der Waals surface area contributed by atoms with E-state index < -0.39 is 17.4 Å². The molecule has 0 bridgehead atoms. The zero-order valence-electron chi connectivity index (χ0n) is 10.4. The van der Waals surface area contributed by atoms with Crippen LogP contribution in [-0.4, -0.2) is 22.5 Å². The highest BCUT2D eigenvalue weighted by Crippen LogP contribution is 2.45. The van der Waals surface area contributed by atoms with Crippen LogP contribution in [0.4, 0.5) is 0 Å². The molecule has 0 aromatic carbocycles. The fourth-order valence-electron chi connectivity index (χ4n) is 2.88. The lowest BCUT2D eigenvalue weighted by Crippen LogP contribution is -2.56. The summed E-state index contributed by atoms with van der Waals surface area (Å²) in [5.41, 5.74) is 4.29. The average molecular weight is 248 g/mol. The summed E-state index contributed by atoms with van der Waals surface area (Å²) in [5.74, 6) is -1.29. The zero-order chi connectivity index (χ0) is 13.6. The molecule has 0 saturated heterocycles. The van der Waals surface area contributed by atoms with Crippen LogP contribution in [0.5, 0.6) is 0 Å². The molecule has 6 nitrogen and oxygen atoms in total. The number of nitrogens with two attached hydrogens (primary N) is 1. The van der Waals surface area contributed by atoms with Crippen LogP contribution in [0, 0.1) is 22.7 Å². The van der Waals surface area contributed by atoms with E-state index in [9.17, 15) is 15.2 Å². The van der Waals surface area contributed by atoms with Gasteiger partial charge >= 0.3 is 0 Å². The minimum Gasteiger partial charge on any atom is -0.513 e. The molecule has 2 aliphatic rings.